The summed E-state index contributed by atoms with van der Waals surface area (Å²) in [5.41, 5.74) is 3.04. The molecular weight excluding hydrogens is 226 g/mol. The summed E-state index contributed by atoms with van der Waals surface area (Å²) >= 11 is 0. The van der Waals surface area contributed by atoms with E-state index in [1.54, 1.807) is 12.1 Å². The number of aryl methyl sites for hydroxylation is 1. The lowest BCUT2D eigenvalue weighted by Crippen LogP contribution is -1.96. The van der Waals surface area contributed by atoms with Gasteiger partial charge in [-0.15, -0.1) is 10.2 Å². The van der Waals surface area contributed by atoms with Gasteiger partial charge in [0.2, 0.25) is 0 Å². The van der Waals surface area contributed by atoms with Crippen LogP contribution in [0.5, 0.6) is 5.75 Å². The molecule has 2 aromatic heterocycles. The van der Waals surface area contributed by atoms with E-state index < -0.39 is 0 Å². The molecule has 0 bridgehead atoms. The molecular formula is C14H13N3O. The third kappa shape index (κ3) is 1.93. The molecule has 1 N–H and O–H groups in total. The Morgan fingerprint density at radius 2 is 2.06 bits per heavy atom. The van der Waals surface area contributed by atoms with Gasteiger partial charge in [0.15, 0.2) is 5.65 Å². The van der Waals surface area contributed by atoms with Gasteiger partial charge in [-0.2, -0.15) is 0 Å². The molecule has 0 amide bonds. The highest BCUT2D eigenvalue weighted by atomic mass is 16.3. The van der Waals surface area contributed by atoms with Gasteiger partial charge in [-0.1, -0.05) is 12.1 Å². The number of rotatable bonds is 2. The third-order valence-corrected chi connectivity index (χ3v) is 2.91. The Balaban J connectivity index is 2.00. The average Bonchev–Trinajstić information content (AvgIpc) is 2.72. The topological polar surface area (TPSA) is 50.4 Å². The zero-order valence-corrected chi connectivity index (χ0v) is 10.0. The molecule has 0 unspecified atom stereocenters. The molecule has 4 heteroatoms. The Morgan fingerprint density at radius 3 is 2.89 bits per heavy atom. The maximum atomic E-state index is 9.45. The minimum absolute atomic E-state index is 0.275. The number of pyridine rings is 1. The first-order valence-corrected chi connectivity index (χ1v) is 5.80. The lowest BCUT2D eigenvalue weighted by atomic mass is 10.1. The molecule has 0 saturated heterocycles. The summed E-state index contributed by atoms with van der Waals surface area (Å²) < 4.78 is 1.97. The highest BCUT2D eigenvalue weighted by Crippen LogP contribution is 2.15. The molecule has 0 aliphatic rings. The number of phenols is 1. The number of aromatic hydroxyl groups is 1. The number of aromatic nitrogens is 3. The van der Waals surface area contributed by atoms with E-state index in [4.69, 9.17) is 0 Å². The standard InChI is InChI=1S/C14H13N3O/c1-10-5-6-17-13(7-10)15-16-14(17)9-11-3-2-4-12(18)8-11/h2-8,18H,9H2,1H3. The Hall–Kier alpha value is -2.36. The largest absolute Gasteiger partial charge is 0.508 e. The van der Waals surface area contributed by atoms with Crippen LogP contribution in [0.3, 0.4) is 0 Å². The molecule has 0 aliphatic carbocycles. The van der Waals surface area contributed by atoms with Crippen LogP contribution in [0.2, 0.25) is 0 Å². The van der Waals surface area contributed by atoms with Gasteiger partial charge in [0.25, 0.3) is 0 Å². The maximum absolute atomic E-state index is 9.45. The van der Waals surface area contributed by atoms with Crippen LogP contribution in [-0.4, -0.2) is 19.7 Å². The first kappa shape index (κ1) is 10.8. The average molecular weight is 239 g/mol. The van der Waals surface area contributed by atoms with Crippen LogP contribution in [0, 0.1) is 6.92 Å². The van der Waals surface area contributed by atoms with Crippen molar-refractivity contribution in [2.75, 3.05) is 0 Å². The van der Waals surface area contributed by atoms with Crippen molar-refractivity contribution in [1.29, 1.82) is 0 Å². The van der Waals surface area contributed by atoms with Gasteiger partial charge in [0.1, 0.15) is 11.6 Å². The highest BCUT2D eigenvalue weighted by molar-refractivity contribution is 5.41. The van der Waals surface area contributed by atoms with Gasteiger partial charge in [0, 0.05) is 12.6 Å². The molecule has 0 radical (unpaired) electrons. The summed E-state index contributed by atoms with van der Waals surface area (Å²) in [6.07, 6.45) is 2.63. The van der Waals surface area contributed by atoms with Crippen molar-refractivity contribution in [1.82, 2.24) is 14.6 Å². The smallest absolute Gasteiger partial charge is 0.161 e. The Morgan fingerprint density at radius 1 is 1.17 bits per heavy atom. The van der Waals surface area contributed by atoms with Crippen LogP contribution < -0.4 is 0 Å². The van der Waals surface area contributed by atoms with Gasteiger partial charge in [-0.05, 0) is 42.3 Å². The number of nitrogens with zero attached hydrogens (tertiary/aromatic N) is 3. The van der Waals surface area contributed by atoms with Crippen molar-refractivity contribution in [2.24, 2.45) is 0 Å². The summed E-state index contributed by atoms with van der Waals surface area (Å²) in [6, 6.07) is 11.2. The van der Waals surface area contributed by atoms with Crippen LogP contribution in [0.15, 0.2) is 42.6 Å². The lowest BCUT2D eigenvalue weighted by Gasteiger charge is -2.01. The van der Waals surface area contributed by atoms with Crippen molar-refractivity contribution in [3.8, 4) is 5.75 Å². The molecule has 1 aromatic carbocycles. The first-order chi connectivity index (χ1) is 8.72. The minimum Gasteiger partial charge on any atom is -0.508 e. The van der Waals surface area contributed by atoms with E-state index in [-0.39, 0.29) is 5.75 Å². The van der Waals surface area contributed by atoms with E-state index in [1.165, 1.54) is 5.56 Å². The molecule has 0 atom stereocenters. The summed E-state index contributed by atoms with van der Waals surface area (Å²) in [5.74, 6) is 1.15. The molecule has 3 rings (SSSR count). The Bertz CT molecular complexity index is 703. The van der Waals surface area contributed by atoms with Crippen LogP contribution in [0.25, 0.3) is 5.65 Å². The van der Waals surface area contributed by atoms with Crippen molar-refractivity contribution >= 4 is 5.65 Å². The summed E-state index contributed by atoms with van der Waals surface area (Å²) in [7, 11) is 0. The van der Waals surface area contributed by atoms with Crippen LogP contribution in [-0.2, 0) is 6.42 Å². The van der Waals surface area contributed by atoms with E-state index in [9.17, 15) is 5.11 Å². The molecule has 3 aromatic rings. The maximum Gasteiger partial charge on any atom is 0.161 e. The monoisotopic (exact) mass is 239 g/mol. The third-order valence-electron chi connectivity index (χ3n) is 2.91. The molecule has 18 heavy (non-hydrogen) atoms. The number of fused-ring (bicyclic) bond motifs is 1. The first-order valence-electron chi connectivity index (χ1n) is 5.80. The number of hydrogen-bond donors (Lipinski definition) is 1. The number of phenolic OH excluding ortho intramolecular Hbond substituents is 1. The highest BCUT2D eigenvalue weighted by Gasteiger charge is 2.06. The van der Waals surface area contributed by atoms with Gasteiger partial charge in [0.05, 0.1) is 0 Å². The number of hydrogen-bond acceptors (Lipinski definition) is 3. The number of benzene rings is 1. The van der Waals surface area contributed by atoms with Gasteiger partial charge < -0.3 is 5.11 Å². The molecule has 0 aliphatic heterocycles. The molecule has 0 saturated carbocycles. The van der Waals surface area contributed by atoms with E-state index in [2.05, 4.69) is 10.2 Å². The van der Waals surface area contributed by atoms with Gasteiger partial charge in [-0.3, -0.25) is 4.40 Å². The quantitative estimate of drug-likeness (QED) is 0.746. The fourth-order valence-corrected chi connectivity index (χ4v) is 2.01. The fraction of sp³-hybridized carbons (Fsp3) is 0.143. The van der Waals surface area contributed by atoms with Crippen molar-refractivity contribution < 1.29 is 5.11 Å². The van der Waals surface area contributed by atoms with E-state index in [0.717, 1.165) is 17.0 Å². The zero-order valence-electron chi connectivity index (χ0n) is 10.0. The van der Waals surface area contributed by atoms with Crippen LogP contribution in [0.1, 0.15) is 17.0 Å². The molecule has 2 heterocycles. The van der Waals surface area contributed by atoms with Crippen LogP contribution >= 0.6 is 0 Å². The normalized spacial score (nSPS) is 10.9. The lowest BCUT2D eigenvalue weighted by molar-refractivity contribution is 0.474. The molecule has 0 fully saturated rings. The summed E-state index contributed by atoms with van der Waals surface area (Å²) in [6.45, 7) is 2.03. The van der Waals surface area contributed by atoms with Crippen molar-refractivity contribution in [3.05, 3.63) is 59.5 Å². The van der Waals surface area contributed by atoms with Gasteiger partial charge >= 0.3 is 0 Å². The fourth-order valence-electron chi connectivity index (χ4n) is 2.01. The predicted molar refractivity (Wildman–Crippen MR) is 68.6 cm³/mol. The van der Waals surface area contributed by atoms with Crippen LogP contribution in [0.4, 0.5) is 0 Å². The van der Waals surface area contributed by atoms with Crippen molar-refractivity contribution in [3.63, 3.8) is 0 Å². The second-order valence-corrected chi connectivity index (χ2v) is 4.40. The second kappa shape index (κ2) is 4.14. The summed E-state index contributed by atoms with van der Waals surface area (Å²) in [4.78, 5) is 0. The molecule has 0 spiro atoms. The minimum atomic E-state index is 0.275. The molecule has 4 nitrogen and oxygen atoms in total. The molecule has 90 valence electrons. The Labute approximate surface area is 105 Å². The van der Waals surface area contributed by atoms with Gasteiger partial charge in [-0.25, -0.2) is 0 Å². The van der Waals surface area contributed by atoms with E-state index in [1.807, 2.05) is 41.8 Å². The predicted octanol–water partition coefficient (Wildman–Crippen LogP) is 2.33. The Kier molecular flexibility index (Phi) is 2.48. The zero-order chi connectivity index (χ0) is 12.5. The van der Waals surface area contributed by atoms with E-state index >= 15 is 0 Å². The van der Waals surface area contributed by atoms with E-state index in [0.29, 0.717) is 6.42 Å². The SMILES string of the molecule is Cc1ccn2c(Cc3cccc(O)c3)nnc2c1. The summed E-state index contributed by atoms with van der Waals surface area (Å²) in [5, 5.41) is 17.8. The van der Waals surface area contributed by atoms with Crippen molar-refractivity contribution in [2.45, 2.75) is 13.3 Å². The second-order valence-electron chi connectivity index (χ2n) is 4.40.